The lowest BCUT2D eigenvalue weighted by Crippen LogP contribution is -2.42. The second-order valence-electron chi connectivity index (χ2n) is 5.23. The Kier molecular flexibility index (Phi) is 6.64. The molecule has 0 fully saturated rings. The standard InChI is InChI=1S/C16H24N2O2S2/c1-19-14-9-12-5-7-18(11-13(12)10-15(14)20-2)16(21)17-6-4-8-22-3/h9-10H,4-8,11H2,1-3H3,(H,17,21). The van der Waals surface area contributed by atoms with Crippen LogP contribution in [0, 0.1) is 0 Å². The Morgan fingerprint density at radius 1 is 1.27 bits per heavy atom. The van der Waals surface area contributed by atoms with Crippen LogP contribution in [0.4, 0.5) is 0 Å². The van der Waals surface area contributed by atoms with Gasteiger partial charge in [-0.25, -0.2) is 0 Å². The van der Waals surface area contributed by atoms with Gasteiger partial charge in [0, 0.05) is 19.6 Å². The largest absolute Gasteiger partial charge is 0.493 e. The Hall–Kier alpha value is -1.14. The molecule has 2 rings (SSSR count). The van der Waals surface area contributed by atoms with Crippen LogP contribution in [0.1, 0.15) is 17.5 Å². The molecule has 0 aromatic heterocycles. The van der Waals surface area contributed by atoms with E-state index in [1.54, 1.807) is 14.2 Å². The molecule has 0 atom stereocenters. The van der Waals surface area contributed by atoms with Crippen molar-refractivity contribution in [3.8, 4) is 11.5 Å². The minimum atomic E-state index is 0.780. The predicted molar refractivity (Wildman–Crippen MR) is 97.3 cm³/mol. The van der Waals surface area contributed by atoms with Gasteiger partial charge in [0.25, 0.3) is 0 Å². The first kappa shape index (κ1) is 17.2. The van der Waals surface area contributed by atoms with Gasteiger partial charge in [0.05, 0.1) is 14.2 Å². The van der Waals surface area contributed by atoms with E-state index in [-0.39, 0.29) is 0 Å². The van der Waals surface area contributed by atoms with Crippen molar-refractivity contribution in [3.05, 3.63) is 23.3 Å². The highest BCUT2D eigenvalue weighted by atomic mass is 32.2. The zero-order chi connectivity index (χ0) is 15.9. The van der Waals surface area contributed by atoms with Crippen LogP contribution in [0.15, 0.2) is 12.1 Å². The summed E-state index contributed by atoms with van der Waals surface area (Å²) in [5, 5.41) is 4.21. The average Bonchev–Trinajstić information content (AvgIpc) is 2.56. The van der Waals surface area contributed by atoms with Crippen LogP contribution in [0.25, 0.3) is 0 Å². The highest BCUT2D eigenvalue weighted by Crippen LogP contribution is 2.33. The minimum absolute atomic E-state index is 0.780. The fraction of sp³-hybridized carbons (Fsp3) is 0.562. The summed E-state index contributed by atoms with van der Waals surface area (Å²) in [7, 11) is 3.34. The third-order valence-electron chi connectivity index (χ3n) is 3.81. The first-order valence-corrected chi connectivity index (χ1v) is 9.25. The molecule has 1 aliphatic heterocycles. The fourth-order valence-corrected chi connectivity index (χ4v) is 3.27. The minimum Gasteiger partial charge on any atom is -0.493 e. The quantitative estimate of drug-likeness (QED) is 0.633. The molecule has 0 aliphatic carbocycles. The van der Waals surface area contributed by atoms with Gasteiger partial charge in [-0.1, -0.05) is 0 Å². The third-order valence-corrected chi connectivity index (χ3v) is 4.91. The van der Waals surface area contributed by atoms with Crippen molar-refractivity contribution >= 4 is 29.1 Å². The molecule has 0 spiro atoms. The molecule has 0 unspecified atom stereocenters. The number of thioether (sulfide) groups is 1. The van der Waals surface area contributed by atoms with Gasteiger partial charge in [0.2, 0.25) is 0 Å². The van der Waals surface area contributed by atoms with Gasteiger partial charge in [-0.2, -0.15) is 11.8 Å². The molecule has 0 amide bonds. The average molecular weight is 341 g/mol. The Bertz CT molecular complexity index is 523. The maximum absolute atomic E-state index is 5.51. The molecule has 122 valence electrons. The smallest absolute Gasteiger partial charge is 0.169 e. The summed E-state index contributed by atoms with van der Waals surface area (Å²) in [6.45, 7) is 2.70. The maximum atomic E-state index is 5.51. The van der Waals surface area contributed by atoms with Crippen molar-refractivity contribution in [2.45, 2.75) is 19.4 Å². The molecular weight excluding hydrogens is 316 g/mol. The lowest BCUT2D eigenvalue weighted by Gasteiger charge is -2.31. The van der Waals surface area contributed by atoms with Crippen LogP contribution in [0.5, 0.6) is 11.5 Å². The number of hydrogen-bond donors (Lipinski definition) is 1. The summed E-state index contributed by atoms with van der Waals surface area (Å²) < 4.78 is 10.8. The maximum Gasteiger partial charge on any atom is 0.169 e. The van der Waals surface area contributed by atoms with Crippen molar-refractivity contribution in [2.75, 3.05) is 39.3 Å². The zero-order valence-corrected chi connectivity index (χ0v) is 15.1. The SMILES string of the molecule is COc1cc2c(cc1OC)CN(C(=S)NCCCSC)CC2. The monoisotopic (exact) mass is 340 g/mol. The molecule has 22 heavy (non-hydrogen) atoms. The van der Waals surface area contributed by atoms with Crippen molar-refractivity contribution in [2.24, 2.45) is 0 Å². The van der Waals surface area contributed by atoms with E-state index in [2.05, 4.69) is 28.6 Å². The summed E-state index contributed by atoms with van der Waals surface area (Å²) in [5.41, 5.74) is 2.58. The molecule has 1 aromatic rings. The van der Waals surface area contributed by atoms with E-state index in [1.807, 2.05) is 11.8 Å². The number of fused-ring (bicyclic) bond motifs is 1. The summed E-state index contributed by atoms with van der Waals surface area (Å²) in [4.78, 5) is 2.22. The first-order chi connectivity index (χ1) is 10.7. The second kappa shape index (κ2) is 8.48. The van der Waals surface area contributed by atoms with E-state index in [0.29, 0.717) is 0 Å². The molecule has 1 aromatic carbocycles. The molecular formula is C16H24N2O2S2. The highest BCUT2D eigenvalue weighted by molar-refractivity contribution is 7.98. The number of methoxy groups -OCH3 is 2. The van der Waals surface area contributed by atoms with Gasteiger partial charge in [0.1, 0.15) is 0 Å². The van der Waals surface area contributed by atoms with Crippen LogP contribution in [0.3, 0.4) is 0 Å². The molecule has 0 saturated carbocycles. The molecule has 4 nitrogen and oxygen atoms in total. The third kappa shape index (κ3) is 4.20. The van der Waals surface area contributed by atoms with Crippen molar-refractivity contribution in [1.82, 2.24) is 10.2 Å². The van der Waals surface area contributed by atoms with Gasteiger partial charge in [0.15, 0.2) is 16.6 Å². The van der Waals surface area contributed by atoms with E-state index >= 15 is 0 Å². The molecule has 0 radical (unpaired) electrons. The molecule has 1 N–H and O–H groups in total. The van der Waals surface area contributed by atoms with Gasteiger partial charge < -0.3 is 19.7 Å². The normalized spacial score (nSPS) is 13.5. The van der Waals surface area contributed by atoms with E-state index in [9.17, 15) is 0 Å². The van der Waals surface area contributed by atoms with E-state index in [4.69, 9.17) is 21.7 Å². The predicted octanol–water partition coefficient (Wildman–Crippen LogP) is 2.69. The number of nitrogens with zero attached hydrogens (tertiary/aromatic N) is 1. The number of nitrogens with one attached hydrogen (secondary N) is 1. The molecule has 0 bridgehead atoms. The zero-order valence-electron chi connectivity index (χ0n) is 13.5. The van der Waals surface area contributed by atoms with E-state index in [1.165, 1.54) is 11.1 Å². The molecule has 1 heterocycles. The molecule has 6 heteroatoms. The summed E-state index contributed by atoms with van der Waals surface area (Å²) >= 11 is 7.38. The van der Waals surface area contributed by atoms with Crippen molar-refractivity contribution in [3.63, 3.8) is 0 Å². The van der Waals surface area contributed by atoms with Gasteiger partial charge in [-0.3, -0.25) is 0 Å². The van der Waals surface area contributed by atoms with E-state index in [0.717, 1.165) is 54.8 Å². The number of benzene rings is 1. The number of ether oxygens (including phenoxy) is 2. The summed E-state index contributed by atoms with van der Waals surface area (Å²) in [5.74, 6) is 2.74. The molecule has 1 aliphatic rings. The van der Waals surface area contributed by atoms with Crippen LogP contribution in [-0.4, -0.2) is 49.3 Å². The van der Waals surface area contributed by atoms with Crippen LogP contribution < -0.4 is 14.8 Å². The number of thiocarbonyl (C=S) groups is 1. The van der Waals surface area contributed by atoms with Gasteiger partial charge in [-0.05, 0) is 60.3 Å². The van der Waals surface area contributed by atoms with E-state index < -0.39 is 0 Å². The van der Waals surface area contributed by atoms with Gasteiger partial charge in [-0.15, -0.1) is 0 Å². The van der Waals surface area contributed by atoms with Crippen LogP contribution >= 0.6 is 24.0 Å². The Balaban J connectivity index is 2.00. The first-order valence-electron chi connectivity index (χ1n) is 7.45. The highest BCUT2D eigenvalue weighted by Gasteiger charge is 2.20. The molecule has 0 saturated heterocycles. The Morgan fingerprint density at radius 2 is 1.95 bits per heavy atom. The number of rotatable bonds is 6. The summed E-state index contributed by atoms with van der Waals surface area (Å²) in [6, 6.07) is 4.15. The Labute approximate surface area is 142 Å². The fourth-order valence-electron chi connectivity index (χ4n) is 2.58. The van der Waals surface area contributed by atoms with Crippen molar-refractivity contribution < 1.29 is 9.47 Å². The second-order valence-corrected chi connectivity index (χ2v) is 6.60. The van der Waals surface area contributed by atoms with Crippen molar-refractivity contribution in [1.29, 1.82) is 0 Å². The number of hydrogen-bond acceptors (Lipinski definition) is 4. The van der Waals surface area contributed by atoms with Crippen LogP contribution in [0.2, 0.25) is 0 Å². The summed E-state index contributed by atoms with van der Waals surface area (Å²) in [6.07, 6.45) is 4.24. The lowest BCUT2D eigenvalue weighted by atomic mass is 9.99. The lowest BCUT2D eigenvalue weighted by molar-refractivity contribution is 0.347. The van der Waals surface area contributed by atoms with Crippen LogP contribution in [-0.2, 0) is 13.0 Å². The topological polar surface area (TPSA) is 33.7 Å². The Morgan fingerprint density at radius 3 is 2.59 bits per heavy atom. The van der Waals surface area contributed by atoms with Gasteiger partial charge >= 0.3 is 0 Å².